The molecular formula is C16H16N2O3S2. The molecule has 2 rings (SSSR count). The fourth-order valence-electron chi connectivity index (χ4n) is 1.92. The number of methoxy groups -OCH3 is 1. The van der Waals surface area contributed by atoms with Crippen LogP contribution in [0.5, 0.6) is 11.5 Å². The van der Waals surface area contributed by atoms with Crippen LogP contribution in [0.15, 0.2) is 23.1 Å². The van der Waals surface area contributed by atoms with Gasteiger partial charge in [-0.15, -0.1) is 0 Å². The van der Waals surface area contributed by atoms with Crippen LogP contribution in [0.1, 0.15) is 18.4 Å². The van der Waals surface area contributed by atoms with E-state index in [2.05, 4.69) is 6.07 Å². The molecule has 0 N–H and O–H groups in total. The molecule has 0 radical (unpaired) electrons. The zero-order valence-corrected chi connectivity index (χ0v) is 14.5. The summed E-state index contributed by atoms with van der Waals surface area (Å²) in [4.78, 5) is 14.1. The van der Waals surface area contributed by atoms with Gasteiger partial charge < -0.3 is 9.47 Å². The van der Waals surface area contributed by atoms with Gasteiger partial charge in [-0.05, 0) is 30.2 Å². The second-order valence-electron chi connectivity index (χ2n) is 4.76. The maximum atomic E-state index is 12.0. The van der Waals surface area contributed by atoms with Gasteiger partial charge in [-0.3, -0.25) is 9.69 Å². The molecule has 0 spiro atoms. The number of thiocarbonyl (C=S) groups is 1. The number of ether oxygens (including phenoxy) is 2. The van der Waals surface area contributed by atoms with E-state index in [0.29, 0.717) is 40.2 Å². The number of benzene rings is 1. The van der Waals surface area contributed by atoms with Crippen LogP contribution in [0.4, 0.5) is 0 Å². The van der Waals surface area contributed by atoms with Crippen molar-refractivity contribution in [3.63, 3.8) is 0 Å². The number of carbonyl (C=O) groups is 1. The quantitative estimate of drug-likeness (QED) is 0.447. The van der Waals surface area contributed by atoms with Gasteiger partial charge in [0.1, 0.15) is 4.32 Å². The molecule has 5 nitrogen and oxygen atoms in total. The molecule has 1 aromatic carbocycles. The van der Waals surface area contributed by atoms with Gasteiger partial charge in [0.05, 0.1) is 24.7 Å². The van der Waals surface area contributed by atoms with Gasteiger partial charge in [-0.2, -0.15) is 5.26 Å². The fraction of sp³-hybridized carbons (Fsp3) is 0.312. The first-order chi connectivity index (χ1) is 11.1. The lowest BCUT2D eigenvalue weighted by atomic mass is 10.2. The molecule has 0 aliphatic carbocycles. The Labute approximate surface area is 144 Å². The number of nitrogens with zero attached hydrogens (tertiary/aromatic N) is 2. The first kappa shape index (κ1) is 17.3. The minimum absolute atomic E-state index is 0.101. The SMILES string of the molecule is COc1cc(C=C2SC(=S)N(C)C2=O)ccc1OCCCC#N. The third kappa shape index (κ3) is 4.24. The summed E-state index contributed by atoms with van der Waals surface area (Å²) < 4.78 is 11.5. The summed E-state index contributed by atoms with van der Waals surface area (Å²) >= 11 is 6.39. The van der Waals surface area contributed by atoms with Crippen molar-refractivity contribution < 1.29 is 14.3 Å². The highest BCUT2D eigenvalue weighted by atomic mass is 32.2. The topological polar surface area (TPSA) is 62.6 Å². The summed E-state index contributed by atoms with van der Waals surface area (Å²) in [7, 11) is 3.23. The molecule has 0 atom stereocenters. The van der Waals surface area contributed by atoms with Crippen molar-refractivity contribution in [3.8, 4) is 17.6 Å². The first-order valence-corrected chi connectivity index (χ1v) is 8.18. The maximum Gasteiger partial charge on any atom is 0.265 e. The van der Waals surface area contributed by atoms with E-state index in [0.717, 1.165) is 5.56 Å². The van der Waals surface area contributed by atoms with E-state index in [1.165, 1.54) is 16.7 Å². The van der Waals surface area contributed by atoms with Crippen molar-refractivity contribution in [2.24, 2.45) is 0 Å². The number of carbonyl (C=O) groups excluding carboxylic acids is 1. The number of likely N-dealkylation sites (N-methyl/N-ethyl adjacent to an activating group) is 1. The highest BCUT2D eigenvalue weighted by Crippen LogP contribution is 2.34. The van der Waals surface area contributed by atoms with Crippen LogP contribution in [0.25, 0.3) is 6.08 Å². The summed E-state index contributed by atoms with van der Waals surface area (Å²) in [6, 6.07) is 7.53. The van der Waals surface area contributed by atoms with Crippen molar-refractivity contribution in [2.45, 2.75) is 12.8 Å². The van der Waals surface area contributed by atoms with Crippen molar-refractivity contribution in [3.05, 3.63) is 28.7 Å². The Hall–Kier alpha value is -2.04. The molecule has 1 fully saturated rings. The molecule has 1 saturated heterocycles. The van der Waals surface area contributed by atoms with E-state index in [1.54, 1.807) is 26.3 Å². The van der Waals surface area contributed by atoms with E-state index >= 15 is 0 Å². The molecule has 120 valence electrons. The van der Waals surface area contributed by atoms with Gasteiger partial charge in [-0.1, -0.05) is 30.0 Å². The Morgan fingerprint density at radius 3 is 2.83 bits per heavy atom. The summed E-state index contributed by atoms with van der Waals surface area (Å²) in [6.07, 6.45) is 2.91. The highest BCUT2D eigenvalue weighted by molar-refractivity contribution is 8.26. The van der Waals surface area contributed by atoms with Crippen LogP contribution in [0.2, 0.25) is 0 Å². The standard InChI is InChI=1S/C16H16N2O3S2/c1-18-15(19)14(23-16(18)22)10-11-5-6-12(13(9-11)20-2)21-8-4-3-7-17/h5-6,9-10H,3-4,8H2,1-2H3. The minimum Gasteiger partial charge on any atom is -0.493 e. The van der Waals surface area contributed by atoms with Gasteiger partial charge in [0.2, 0.25) is 0 Å². The van der Waals surface area contributed by atoms with Gasteiger partial charge >= 0.3 is 0 Å². The van der Waals surface area contributed by atoms with Crippen LogP contribution in [-0.4, -0.2) is 35.9 Å². The fourth-order valence-corrected chi connectivity index (χ4v) is 3.10. The van der Waals surface area contributed by atoms with Crippen LogP contribution >= 0.6 is 24.0 Å². The zero-order valence-electron chi connectivity index (χ0n) is 12.9. The third-order valence-corrected chi connectivity index (χ3v) is 4.65. The molecule has 7 heteroatoms. The van der Waals surface area contributed by atoms with Crippen molar-refractivity contribution in [1.82, 2.24) is 4.90 Å². The second kappa shape index (κ2) is 7.99. The highest BCUT2D eigenvalue weighted by Gasteiger charge is 2.28. The van der Waals surface area contributed by atoms with Crippen molar-refractivity contribution >= 4 is 40.3 Å². The van der Waals surface area contributed by atoms with E-state index in [1.807, 2.05) is 12.1 Å². The monoisotopic (exact) mass is 348 g/mol. The summed E-state index contributed by atoms with van der Waals surface area (Å²) in [5.74, 6) is 1.10. The minimum atomic E-state index is -0.101. The number of thioether (sulfide) groups is 1. The van der Waals surface area contributed by atoms with Crippen molar-refractivity contribution in [1.29, 1.82) is 5.26 Å². The predicted octanol–water partition coefficient (Wildman–Crippen LogP) is 3.21. The van der Waals surface area contributed by atoms with E-state index in [4.69, 9.17) is 27.0 Å². The Balaban J connectivity index is 2.14. The lowest BCUT2D eigenvalue weighted by Crippen LogP contribution is -2.22. The lowest BCUT2D eigenvalue weighted by Gasteiger charge is -2.11. The van der Waals surface area contributed by atoms with E-state index < -0.39 is 0 Å². The van der Waals surface area contributed by atoms with Gasteiger partial charge in [-0.25, -0.2) is 0 Å². The molecule has 0 saturated carbocycles. The molecule has 1 aliphatic heterocycles. The molecule has 0 bridgehead atoms. The number of hydrogen-bond acceptors (Lipinski definition) is 6. The first-order valence-electron chi connectivity index (χ1n) is 6.96. The molecule has 0 aromatic heterocycles. The van der Waals surface area contributed by atoms with Gasteiger partial charge in [0.25, 0.3) is 5.91 Å². The molecule has 0 unspecified atom stereocenters. The lowest BCUT2D eigenvalue weighted by molar-refractivity contribution is -0.121. The molecule has 1 amide bonds. The molecule has 1 aliphatic rings. The Bertz CT molecular complexity index is 695. The Morgan fingerprint density at radius 1 is 1.43 bits per heavy atom. The smallest absolute Gasteiger partial charge is 0.265 e. The van der Waals surface area contributed by atoms with E-state index in [-0.39, 0.29) is 5.91 Å². The van der Waals surface area contributed by atoms with Crippen LogP contribution in [0.3, 0.4) is 0 Å². The van der Waals surface area contributed by atoms with E-state index in [9.17, 15) is 4.79 Å². The zero-order chi connectivity index (χ0) is 16.8. The van der Waals surface area contributed by atoms with Crippen LogP contribution in [0, 0.1) is 11.3 Å². The molecule has 1 heterocycles. The predicted molar refractivity (Wildman–Crippen MR) is 94.3 cm³/mol. The average molecular weight is 348 g/mol. The number of nitriles is 1. The molecular weight excluding hydrogens is 332 g/mol. The number of hydrogen-bond donors (Lipinski definition) is 0. The summed E-state index contributed by atoms with van der Waals surface area (Å²) in [5.41, 5.74) is 0.833. The summed E-state index contributed by atoms with van der Waals surface area (Å²) in [5, 5.41) is 8.52. The number of amides is 1. The maximum absolute atomic E-state index is 12.0. The second-order valence-corrected chi connectivity index (χ2v) is 6.44. The molecule has 23 heavy (non-hydrogen) atoms. The summed E-state index contributed by atoms with van der Waals surface area (Å²) in [6.45, 7) is 0.456. The van der Waals surface area contributed by atoms with Crippen LogP contribution < -0.4 is 9.47 Å². The third-order valence-electron chi connectivity index (χ3n) is 3.16. The number of rotatable bonds is 6. The average Bonchev–Trinajstić information content (AvgIpc) is 2.79. The van der Waals surface area contributed by atoms with Gasteiger partial charge in [0, 0.05) is 13.5 Å². The van der Waals surface area contributed by atoms with Crippen molar-refractivity contribution in [2.75, 3.05) is 20.8 Å². The molecule has 1 aromatic rings. The number of unbranched alkanes of at least 4 members (excludes halogenated alkanes) is 1. The normalized spacial score (nSPS) is 15.9. The largest absolute Gasteiger partial charge is 0.493 e. The van der Waals surface area contributed by atoms with Crippen LogP contribution in [-0.2, 0) is 4.79 Å². The Morgan fingerprint density at radius 2 is 2.22 bits per heavy atom. The van der Waals surface area contributed by atoms with Gasteiger partial charge in [0.15, 0.2) is 11.5 Å². The Kier molecular flexibility index (Phi) is 6.02.